The van der Waals surface area contributed by atoms with E-state index in [0.717, 1.165) is 51.4 Å². The van der Waals surface area contributed by atoms with Gasteiger partial charge in [0.1, 0.15) is 0 Å². The Kier molecular flexibility index (Phi) is 59.5. The fourth-order valence-electron chi connectivity index (χ4n) is 10.1. The van der Waals surface area contributed by atoms with E-state index in [9.17, 15) is 19.8 Å². The van der Waals surface area contributed by atoms with Crippen molar-refractivity contribution in [3.63, 3.8) is 0 Å². The molecule has 0 spiro atoms. The lowest BCUT2D eigenvalue weighted by Gasteiger charge is -2.22. The first-order chi connectivity index (χ1) is 35.0. The molecule has 1 amide bonds. The maximum Gasteiger partial charge on any atom is 0.305 e. The van der Waals surface area contributed by atoms with Gasteiger partial charge in [0.05, 0.1) is 25.4 Å². The zero-order valence-electron chi connectivity index (χ0n) is 48.0. The minimum absolute atomic E-state index is 0.0110. The predicted molar refractivity (Wildman–Crippen MR) is 310 cm³/mol. The average Bonchev–Trinajstić information content (AvgIpc) is 3.37. The molecule has 0 rings (SSSR count). The van der Waals surface area contributed by atoms with Gasteiger partial charge in [-0.25, -0.2) is 0 Å². The number of amides is 1. The van der Waals surface area contributed by atoms with Crippen LogP contribution in [0.3, 0.4) is 0 Å². The van der Waals surface area contributed by atoms with Crippen LogP contribution in [0.25, 0.3) is 0 Å². The molecule has 0 fully saturated rings. The summed E-state index contributed by atoms with van der Waals surface area (Å²) in [4.78, 5) is 24.5. The Morgan fingerprint density at radius 2 is 0.704 bits per heavy atom. The first-order valence-corrected chi connectivity index (χ1v) is 32.1. The van der Waals surface area contributed by atoms with Gasteiger partial charge in [0.25, 0.3) is 0 Å². The minimum atomic E-state index is -0.659. The van der Waals surface area contributed by atoms with Gasteiger partial charge in [-0.3, -0.25) is 9.59 Å². The van der Waals surface area contributed by atoms with Crippen molar-refractivity contribution < 1.29 is 24.5 Å². The van der Waals surface area contributed by atoms with Crippen molar-refractivity contribution in [3.05, 3.63) is 24.3 Å². The zero-order chi connectivity index (χ0) is 51.4. The summed E-state index contributed by atoms with van der Waals surface area (Å²) in [7, 11) is 0. The SMILES string of the molecule is CCCCCC/C=C\C/C=C\CCCCCCCCCC(=O)OCCCCCCCCCCCCCCCCCCCCCCCCCCCCCC(=O)NC(CO)C(O)CCCCCCCCCCC. The summed E-state index contributed by atoms with van der Waals surface area (Å²) in [5.41, 5.74) is 0. The second kappa shape index (κ2) is 60.9. The van der Waals surface area contributed by atoms with Gasteiger partial charge in [0.15, 0.2) is 0 Å². The second-order valence-electron chi connectivity index (χ2n) is 22.1. The second-order valence-corrected chi connectivity index (χ2v) is 22.1. The molecule has 0 heterocycles. The van der Waals surface area contributed by atoms with Crippen molar-refractivity contribution >= 4 is 11.9 Å². The van der Waals surface area contributed by atoms with Crippen LogP contribution in [0.15, 0.2) is 24.3 Å². The minimum Gasteiger partial charge on any atom is -0.466 e. The van der Waals surface area contributed by atoms with Crippen molar-refractivity contribution in [1.29, 1.82) is 0 Å². The Labute approximate surface area is 443 Å². The number of esters is 1. The van der Waals surface area contributed by atoms with Gasteiger partial charge in [-0.1, -0.05) is 308 Å². The first kappa shape index (κ1) is 69.3. The van der Waals surface area contributed by atoms with E-state index in [2.05, 4.69) is 43.5 Å². The van der Waals surface area contributed by atoms with Gasteiger partial charge in [0, 0.05) is 12.8 Å². The topological polar surface area (TPSA) is 95.9 Å². The summed E-state index contributed by atoms with van der Waals surface area (Å²) < 4.78 is 5.50. The number of aliphatic hydroxyl groups excluding tert-OH is 2. The molecule has 0 aliphatic heterocycles. The Morgan fingerprint density at radius 3 is 1.08 bits per heavy atom. The molecule has 0 saturated heterocycles. The maximum absolute atomic E-state index is 12.4. The number of nitrogens with one attached hydrogen (secondary N) is 1. The molecule has 71 heavy (non-hydrogen) atoms. The van der Waals surface area contributed by atoms with Gasteiger partial charge in [-0.2, -0.15) is 0 Å². The van der Waals surface area contributed by atoms with Crippen LogP contribution >= 0.6 is 0 Å². The summed E-state index contributed by atoms with van der Waals surface area (Å²) in [6.45, 7) is 4.93. The molecule has 0 aliphatic rings. The first-order valence-electron chi connectivity index (χ1n) is 32.1. The molecule has 0 saturated carbocycles. The quantitative estimate of drug-likeness (QED) is 0.0320. The molecule has 0 bridgehead atoms. The van der Waals surface area contributed by atoms with Gasteiger partial charge in [-0.05, 0) is 57.8 Å². The number of aliphatic hydroxyl groups is 2. The summed E-state index contributed by atoms with van der Waals surface area (Å²) in [5.74, 6) is -0.0225. The van der Waals surface area contributed by atoms with E-state index in [1.165, 1.54) is 270 Å². The fourth-order valence-corrected chi connectivity index (χ4v) is 10.1. The molecule has 2 unspecified atom stereocenters. The highest BCUT2D eigenvalue weighted by molar-refractivity contribution is 5.76. The molecule has 0 aromatic heterocycles. The monoisotopic (exact) mass is 1000 g/mol. The molecule has 0 aliphatic carbocycles. The van der Waals surface area contributed by atoms with Gasteiger partial charge in [-0.15, -0.1) is 0 Å². The highest BCUT2D eigenvalue weighted by atomic mass is 16.5. The molecule has 6 heteroatoms. The lowest BCUT2D eigenvalue weighted by molar-refractivity contribution is -0.143. The predicted octanol–water partition coefficient (Wildman–Crippen LogP) is 20.2. The summed E-state index contributed by atoms with van der Waals surface area (Å²) in [6.07, 6.45) is 75.0. The van der Waals surface area contributed by atoms with Gasteiger partial charge >= 0.3 is 5.97 Å². The van der Waals surface area contributed by atoms with E-state index in [-0.39, 0.29) is 18.5 Å². The number of rotatable bonds is 60. The van der Waals surface area contributed by atoms with Crippen LogP contribution in [-0.2, 0) is 14.3 Å². The number of carbonyl (C=O) groups excluding carboxylic acids is 2. The van der Waals surface area contributed by atoms with Crippen LogP contribution in [0.5, 0.6) is 0 Å². The third kappa shape index (κ3) is 57.5. The molecule has 0 aromatic carbocycles. The van der Waals surface area contributed by atoms with Crippen LogP contribution < -0.4 is 5.32 Å². The molecule has 0 radical (unpaired) electrons. The number of hydrogen-bond acceptors (Lipinski definition) is 5. The van der Waals surface area contributed by atoms with Crippen molar-refractivity contribution in [2.45, 2.75) is 366 Å². The number of ether oxygens (including phenoxy) is 1. The standard InChI is InChI=1S/C65H125NO5/c1-3-5-7-9-11-13-14-15-16-17-30-33-36-39-43-47-51-55-59-65(70)71-60-56-52-48-44-40-37-34-31-28-26-24-22-20-18-19-21-23-25-27-29-32-35-38-42-46-50-54-58-64(69)66-62(61-67)63(68)57-53-49-45-41-12-10-8-6-4-2/h13-14,16-17,62-63,67-68H,3-12,15,18-61H2,1-2H3,(H,66,69)/b14-13-,17-16-. The molecular weight excluding hydrogens is 875 g/mol. The Hall–Kier alpha value is -1.66. The van der Waals surface area contributed by atoms with E-state index in [0.29, 0.717) is 25.9 Å². The van der Waals surface area contributed by atoms with E-state index >= 15 is 0 Å². The van der Waals surface area contributed by atoms with Crippen LogP contribution in [0.4, 0.5) is 0 Å². The average molecular weight is 1000 g/mol. The van der Waals surface area contributed by atoms with E-state index in [1.54, 1.807) is 0 Å². The van der Waals surface area contributed by atoms with E-state index in [4.69, 9.17) is 4.74 Å². The zero-order valence-corrected chi connectivity index (χ0v) is 48.0. The molecule has 0 aromatic rings. The van der Waals surface area contributed by atoms with Gasteiger partial charge < -0.3 is 20.3 Å². The fraction of sp³-hybridized carbons (Fsp3) is 0.908. The van der Waals surface area contributed by atoms with Crippen molar-refractivity contribution in [2.75, 3.05) is 13.2 Å². The van der Waals surface area contributed by atoms with Crippen LogP contribution in [0.1, 0.15) is 354 Å². The van der Waals surface area contributed by atoms with Crippen molar-refractivity contribution in [3.8, 4) is 0 Å². The number of carbonyl (C=O) groups is 2. The molecule has 420 valence electrons. The Bertz CT molecular complexity index is 1110. The third-order valence-corrected chi connectivity index (χ3v) is 15.0. The van der Waals surface area contributed by atoms with E-state index in [1.807, 2.05) is 0 Å². The Morgan fingerprint density at radius 1 is 0.394 bits per heavy atom. The van der Waals surface area contributed by atoms with Crippen LogP contribution in [0, 0.1) is 0 Å². The third-order valence-electron chi connectivity index (χ3n) is 15.0. The number of hydrogen-bond donors (Lipinski definition) is 3. The van der Waals surface area contributed by atoms with Crippen LogP contribution in [-0.4, -0.2) is 47.4 Å². The maximum atomic E-state index is 12.4. The molecule has 2 atom stereocenters. The van der Waals surface area contributed by atoms with Gasteiger partial charge in [0.2, 0.25) is 5.91 Å². The number of allylic oxidation sites excluding steroid dienone is 4. The molecular formula is C65H125NO5. The summed E-state index contributed by atoms with van der Waals surface area (Å²) >= 11 is 0. The molecule has 3 N–H and O–H groups in total. The molecule has 6 nitrogen and oxygen atoms in total. The summed E-state index contributed by atoms with van der Waals surface area (Å²) in [6, 6.07) is -0.537. The lowest BCUT2D eigenvalue weighted by atomic mass is 10.0. The normalized spacial score (nSPS) is 12.7. The lowest BCUT2D eigenvalue weighted by Crippen LogP contribution is -2.45. The van der Waals surface area contributed by atoms with Crippen molar-refractivity contribution in [1.82, 2.24) is 5.32 Å². The Balaban J connectivity index is 3.31. The summed E-state index contributed by atoms with van der Waals surface area (Å²) in [5, 5.41) is 23.1. The van der Waals surface area contributed by atoms with Crippen LogP contribution in [0.2, 0.25) is 0 Å². The van der Waals surface area contributed by atoms with Crippen molar-refractivity contribution in [2.24, 2.45) is 0 Å². The smallest absolute Gasteiger partial charge is 0.305 e. The van der Waals surface area contributed by atoms with E-state index < -0.39 is 12.1 Å². The largest absolute Gasteiger partial charge is 0.466 e. The highest BCUT2D eigenvalue weighted by Gasteiger charge is 2.20. The number of unbranched alkanes of at least 4 members (excludes halogenated alkanes) is 45. The highest BCUT2D eigenvalue weighted by Crippen LogP contribution is 2.18.